The number of benzene rings is 2. The van der Waals surface area contributed by atoms with Gasteiger partial charge in [-0.2, -0.15) is 0 Å². The molecule has 1 aliphatic rings. The van der Waals surface area contributed by atoms with E-state index in [1.807, 2.05) is 0 Å². The Morgan fingerprint density at radius 3 is 2.35 bits per heavy atom. The number of rotatable bonds is 5. The molecule has 26 heavy (non-hydrogen) atoms. The summed E-state index contributed by atoms with van der Waals surface area (Å²) in [6, 6.07) is 8.77. The largest absolute Gasteiger partial charge is 0.342 e. The first-order chi connectivity index (χ1) is 12.4. The van der Waals surface area contributed by atoms with Crippen LogP contribution in [-0.4, -0.2) is 29.8 Å². The predicted octanol–water partition coefficient (Wildman–Crippen LogP) is 3.13. The standard InChI is InChI=1S/C19H17F3N2O2/c20-14-3-1-12(2-4-14)5-6-24-11-13(7-18(24)25)19(26)23-17-9-15(21)8-16(22)10-17/h1-4,8-10,13H,5-7,11H2,(H,23,26)/t13-/m0/s1. The zero-order valence-electron chi connectivity index (χ0n) is 13.8. The summed E-state index contributed by atoms with van der Waals surface area (Å²) in [5.74, 6) is -3.09. The van der Waals surface area contributed by atoms with Gasteiger partial charge in [0.25, 0.3) is 0 Å². The van der Waals surface area contributed by atoms with Gasteiger partial charge in [-0.1, -0.05) is 12.1 Å². The Morgan fingerprint density at radius 1 is 1.04 bits per heavy atom. The average Bonchev–Trinajstić information content (AvgIpc) is 2.94. The van der Waals surface area contributed by atoms with E-state index in [1.54, 1.807) is 17.0 Å². The molecule has 0 radical (unpaired) electrons. The summed E-state index contributed by atoms with van der Waals surface area (Å²) in [6.45, 7) is 0.659. The van der Waals surface area contributed by atoms with Crippen molar-refractivity contribution in [2.75, 3.05) is 18.4 Å². The van der Waals surface area contributed by atoms with Gasteiger partial charge in [-0.15, -0.1) is 0 Å². The zero-order chi connectivity index (χ0) is 18.7. The van der Waals surface area contributed by atoms with Gasteiger partial charge in [0.2, 0.25) is 11.8 Å². The maximum atomic E-state index is 13.2. The fraction of sp³-hybridized carbons (Fsp3) is 0.263. The maximum absolute atomic E-state index is 13.2. The Labute approximate surface area is 148 Å². The molecule has 0 saturated carbocycles. The predicted molar refractivity (Wildman–Crippen MR) is 89.8 cm³/mol. The van der Waals surface area contributed by atoms with Gasteiger partial charge in [0.15, 0.2) is 0 Å². The Bertz CT molecular complexity index is 804. The molecule has 0 spiro atoms. The topological polar surface area (TPSA) is 49.4 Å². The van der Waals surface area contributed by atoms with Crippen LogP contribution in [0.25, 0.3) is 0 Å². The fourth-order valence-electron chi connectivity index (χ4n) is 2.95. The van der Waals surface area contributed by atoms with Crippen molar-refractivity contribution in [2.45, 2.75) is 12.8 Å². The van der Waals surface area contributed by atoms with Crippen molar-refractivity contribution in [2.24, 2.45) is 5.92 Å². The Morgan fingerprint density at radius 2 is 1.69 bits per heavy atom. The number of halogens is 3. The van der Waals surface area contributed by atoms with E-state index in [0.29, 0.717) is 19.0 Å². The van der Waals surface area contributed by atoms with Gasteiger partial charge in [-0.05, 0) is 36.2 Å². The SMILES string of the molecule is O=C(Nc1cc(F)cc(F)c1)[C@H]1CC(=O)N(CCc2ccc(F)cc2)C1. The number of amides is 2. The molecule has 1 saturated heterocycles. The summed E-state index contributed by atoms with van der Waals surface area (Å²) in [7, 11) is 0. The van der Waals surface area contributed by atoms with E-state index in [-0.39, 0.29) is 30.4 Å². The highest BCUT2D eigenvalue weighted by Gasteiger charge is 2.34. The molecule has 1 heterocycles. The minimum Gasteiger partial charge on any atom is -0.342 e. The van der Waals surface area contributed by atoms with Crippen LogP contribution in [0.3, 0.4) is 0 Å². The Hall–Kier alpha value is -2.83. The molecule has 0 aromatic heterocycles. The minimum absolute atomic E-state index is 0.0183. The molecular formula is C19H17F3N2O2. The molecule has 2 amide bonds. The third kappa shape index (κ3) is 4.41. The van der Waals surface area contributed by atoms with Gasteiger partial charge in [-0.25, -0.2) is 13.2 Å². The highest BCUT2D eigenvalue weighted by Crippen LogP contribution is 2.21. The van der Waals surface area contributed by atoms with E-state index >= 15 is 0 Å². The summed E-state index contributed by atoms with van der Waals surface area (Å²) in [5.41, 5.74) is 0.909. The van der Waals surface area contributed by atoms with E-state index in [0.717, 1.165) is 17.7 Å². The highest BCUT2D eigenvalue weighted by atomic mass is 19.1. The van der Waals surface area contributed by atoms with Crippen LogP contribution >= 0.6 is 0 Å². The maximum Gasteiger partial charge on any atom is 0.229 e. The number of carbonyl (C=O) groups is 2. The summed E-state index contributed by atoms with van der Waals surface area (Å²) in [6.07, 6.45) is 0.600. The molecule has 2 aromatic carbocycles. The molecule has 1 N–H and O–H groups in total. The lowest BCUT2D eigenvalue weighted by atomic mass is 10.1. The number of hydrogen-bond donors (Lipinski definition) is 1. The van der Waals surface area contributed by atoms with Crippen LogP contribution in [0.15, 0.2) is 42.5 Å². The molecule has 2 aromatic rings. The summed E-state index contributed by atoms with van der Waals surface area (Å²) >= 11 is 0. The first-order valence-electron chi connectivity index (χ1n) is 8.20. The molecule has 1 aliphatic heterocycles. The van der Waals surface area contributed by atoms with E-state index in [4.69, 9.17) is 0 Å². The van der Waals surface area contributed by atoms with Crippen LogP contribution in [0.4, 0.5) is 18.9 Å². The highest BCUT2D eigenvalue weighted by molar-refractivity contribution is 5.97. The molecule has 0 unspecified atom stereocenters. The van der Waals surface area contributed by atoms with E-state index < -0.39 is 23.5 Å². The first kappa shape index (κ1) is 18.0. The summed E-state index contributed by atoms with van der Waals surface area (Å²) in [5, 5.41) is 2.45. The lowest BCUT2D eigenvalue weighted by Gasteiger charge is -2.16. The van der Waals surface area contributed by atoms with Crippen molar-refractivity contribution >= 4 is 17.5 Å². The zero-order valence-corrected chi connectivity index (χ0v) is 13.8. The molecule has 3 rings (SSSR count). The molecular weight excluding hydrogens is 345 g/mol. The number of anilines is 1. The summed E-state index contributed by atoms with van der Waals surface area (Å²) in [4.78, 5) is 25.9. The van der Waals surface area contributed by atoms with Crippen molar-refractivity contribution in [3.63, 3.8) is 0 Å². The summed E-state index contributed by atoms with van der Waals surface area (Å²) < 4.78 is 39.3. The molecule has 1 atom stereocenters. The number of nitrogens with one attached hydrogen (secondary N) is 1. The van der Waals surface area contributed by atoms with Gasteiger partial charge < -0.3 is 10.2 Å². The van der Waals surface area contributed by atoms with E-state index in [1.165, 1.54) is 12.1 Å². The molecule has 0 bridgehead atoms. The van der Waals surface area contributed by atoms with Gasteiger partial charge in [0.05, 0.1) is 5.92 Å². The lowest BCUT2D eigenvalue weighted by Crippen LogP contribution is -2.30. The Kier molecular flexibility index (Phi) is 5.25. The fourth-order valence-corrected chi connectivity index (χ4v) is 2.95. The van der Waals surface area contributed by atoms with Crippen LogP contribution < -0.4 is 5.32 Å². The second-order valence-corrected chi connectivity index (χ2v) is 6.26. The van der Waals surface area contributed by atoms with Crippen molar-refractivity contribution < 1.29 is 22.8 Å². The minimum atomic E-state index is -0.788. The number of likely N-dealkylation sites (tertiary alicyclic amines) is 1. The van der Waals surface area contributed by atoms with Gasteiger partial charge in [0, 0.05) is 31.3 Å². The second kappa shape index (κ2) is 7.59. The Balaban J connectivity index is 1.56. The second-order valence-electron chi connectivity index (χ2n) is 6.26. The number of carbonyl (C=O) groups excluding carboxylic acids is 2. The van der Waals surface area contributed by atoms with Crippen LogP contribution in [0.2, 0.25) is 0 Å². The molecule has 4 nitrogen and oxygen atoms in total. The number of hydrogen-bond acceptors (Lipinski definition) is 2. The van der Waals surface area contributed by atoms with Gasteiger partial charge in [0.1, 0.15) is 17.5 Å². The van der Waals surface area contributed by atoms with Crippen molar-refractivity contribution in [1.29, 1.82) is 0 Å². The first-order valence-corrected chi connectivity index (χ1v) is 8.20. The van der Waals surface area contributed by atoms with Gasteiger partial charge >= 0.3 is 0 Å². The van der Waals surface area contributed by atoms with Crippen LogP contribution in [0.5, 0.6) is 0 Å². The molecule has 136 valence electrons. The van der Waals surface area contributed by atoms with Crippen molar-refractivity contribution in [3.8, 4) is 0 Å². The average molecular weight is 362 g/mol. The van der Waals surface area contributed by atoms with E-state index in [2.05, 4.69) is 5.32 Å². The smallest absolute Gasteiger partial charge is 0.229 e. The lowest BCUT2D eigenvalue weighted by molar-refractivity contribution is -0.128. The van der Waals surface area contributed by atoms with Crippen molar-refractivity contribution in [1.82, 2.24) is 4.90 Å². The third-order valence-corrected chi connectivity index (χ3v) is 4.30. The van der Waals surface area contributed by atoms with Crippen molar-refractivity contribution in [3.05, 3.63) is 65.5 Å². The van der Waals surface area contributed by atoms with Crippen LogP contribution in [0, 0.1) is 23.4 Å². The number of nitrogens with zero attached hydrogens (tertiary/aromatic N) is 1. The van der Waals surface area contributed by atoms with E-state index in [9.17, 15) is 22.8 Å². The van der Waals surface area contributed by atoms with Gasteiger partial charge in [-0.3, -0.25) is 9.59 Å². The monoisotopic (exact) mass is 362 g/mol. The quantitative estimate of drug-likeness (QED) is 0.888. The van der Waals surface area contributed by atoms with Crippen LogP contribution in [-0.2, 0) is 16.0 Å². The third-order valence-electron chi connectivity index (χ3n) is 4.30. The molecule has 1 fully saturated rings. The molecule has 0 aliphatic carbocycles. The normalized spacial score (nSPS) is 16.8. The molecule has 7 heteroatoms. The van der Waals surface area contributed by atoms with Crippen LogP contribution in [0.1, 0.15) is 12.0 Å².